The van der Waals surface area contributed by atoms with Gasteiger partial charge in [-0.2, -0.15) is 11.8 Å². The number of nitrogens with one attached hydrogen (secondary N) is 1. The lowest BCUT2D eigenvalue weighted by atomic mass is 10.2. The van der Waals surface area contributed by atoms with Gasteiger partial charge in [0.05, 0.1) is 18.0 Å². The average Bonchev–Trinajstić information content (AvgIpc) is 3.01. The molecule has 5 heteroatoms. The minimum atomic E-state index is 0.413. The van der Waals surface area contributed by atoms with E-state index >= 15 is 0 Å². The smallest absolute Gasteiger partial charge is 0.126 e. The average molecular weight is 252 g/mol. The zero-order chi connectivity index (χ0) is 10.8. The first-order chi connectivity index (χ1) is 7.93. The van der Waals surface area contributed by atoms with Gasteiger partial charge in [-0.05, 0) is 6.07 Å². The molecule has 0 amide bonds. The van der Waals surface area contributed by atoms with E-state index in [1.54, 1.807) is 23.9 Å². The summed E-state index contributed by atoms with van der Waals surface area (Å²) in [5.74, 6) is 2.32. The molecule has 3 heterocycles. The van der Waals surface area contributed by atoms with Gasteiger partial charge in [-0.3, -0.25) is 0 Å². The Morgan fingerprint density at radius 3 is 3.25 bits per heavy atom. The summed E-state index contributed by atoms with van der Waals surface area (Å²) in [4.78, 5) is 4.66. The fourth-order valence-electron chi connectivity index (χ4n) is 1.72. The fraction of sp³-hybridized carbons (Fsp3) is 0.364. The molecule has 1 atom stereocenters. The van der Waals surface area contributed by atoms with Gasteiger partial charge in [0.25, 0.3) is 0 Å². The van der Waals surface area contributed by atoms with Crippen LogP contribution in [0, 0.1) is 0 Å². The Kier molecular flexibility index (Phi) is 2.99. The molecule has 1 fully saturated rings. The molecule has 0 radical (unpaired) electrons. The first kappa shape index (κ1) is 10.4. The Labute approximate surface area is 102 Å². The highest BCUT2D eigenvalue weighted by atomic mass is 32.2. The van der Waals surface area contributed by atoms with Crippen molar-refractivity contribution in [3.8, 4) is 10.6 Å². The highest BCUT2D eigenvalue weighted by Crippen LogP contribution is 2.28. The van der Waals surface area contributed by atoms with E-state index in [0.717, 1.165) is 28.6 Å². The molecule has 0 aromatic carbocycles. The molecule has 0 spiro atoms. The molecule has 2 aromatic heterocycles. The molecule has 3 rings (SSSR count). The predicted octanol–water partition coefficient (Wildman–Crippen LogP) is 2.78. The van der Waals surface area contributed by atoms with Crippen LogP contribution in [0.5, 0.6) is 0 Å². The van der Waals surface area contributed by atoms with Crippen molar-refractivity contribution in [1.29, 1.82) is 0 Å². The van der Waals surface area contributed by atoms with Gasteiger partial charge in [-0.1, -0.05) is 0 Å². The number of thioether (sulfide) groups is 1. The maximum Gasteiger partial charge on any atom is 0.126 e. The second-order valence-electron chi connectivity index (χ2n) is 3.67. The van der Waals surface area contributed by atoms with E-state index in [4.69, 9.17) is 4.42 Å². The van der Waals surface area contributed by atoms with Crippen molar-refractivity contribution in [1.82, 2.24) is 10.3 Å². The molecule has 1 saturated heterocycles. The van der Waals surface area contributed by atoms with Crippen LogP contribution in [-0.2, 0) is 0 Å². The summed E-state index contributed by atoms with van der Waals surface area (Å²) in [7, 11) is 0. The van der Waals surface area contributed by atoms with E-state index in [-0.39, 0.29) is 0 Å². The molecule has 0 aliphatic carbocycles. The van der Waals surface area contributed by atoms with Crippen molar-refractivity contribution in [3.63, 3.8) is 0 Å². The summed E-state index contributed by atoms with van der Waals surface area (Å²) in [5, 5.41) is 6.68. The van der Waals surface area contributed by atoms with Crippen LogP contribution in [0.1, 0.15) is 11.7 Å². The molecule has 3 nitrogen and oxygen atoms in total. The summed E-state index contributed by atoms with van der Waals surface area (Å²) in [6, 6.07) is 2.36. The second-order valence-corrected chi connectivity index (χ2v) is 5.68. The molecule has 2 aromatic rings. The third-order valence-corrected chi connectivity index (χ3v) is 4.54. The maximum absolute atomic E-state index is 5.07. The number of rotatable bonds is 2. The molecule has 1 unspecified atom stereocenters. The van der Waals surface area contributed by atoms with E-state index in [0.29, 0.717) is 6.04 Å². The Morgan fingerprint density at radius 2 is 2.50 bits per heavy atom. The Morgan fingerprint density at radius 1 is 1.50 bits per heavy atom. The molecule has 1 aliphatic rings. The molecular weight excluding hydrogens is 240 g/mol. The fourth-order valence-corrected chi connectivity index (χ4v) is 3.53. The summed E-state index contributed by atoms with van der Waals surface area (Å²) in [6.45, 7) is 1.08. The van der Waals surface area contributed by atoms with Crippen molar-refractivity contribution in [2.24, 2.45) is 0 Å². The topological polar surface area (TPSA) is 38.1 Å². The summed E-state index contributed by atoms with van der Waals surface area (Å²) in [6.07, 6.45) is 3.43. The molecular formula is C11H12N2OS2. The van der Waals surface area contributed by atoms with Crippen LogP contribution in [0.15, 0.2) is 28.4 Å². The molecule has 1 N–H and O–H groups in total. The van der Waals surface area contributed by atoms with Crippen LogP contribution in [0.4, 0.5) is 0 Å². The van der Waals surface area contributed by atoms with Crippen molar-refractivity contribution in [2.45, 2.75) is 6.04 Å². The number of thiazole rings is 1. The lowest BCUT2D eigenvalue weighted by molar-refractivity contribution is 0.568. The normalized spacial score (nSPS) is 21.1. The van der Waals surface area contributed by atoms with Crippen molar-refractivity contribution < 1.29 is 4.42 Å². The third kappa shape index (κ3) is 2.03. The van der Waals surface area contributed by atoms with Crippen LogP contribution in [-0.4, -0.2) is 23.0 Å². The maximum atomic E-state index is 5.07. The van der Waals surface area contributed by atoms with Gasteiger partial charge in [-0.25, -0.2) is 4.98 Å². The Hall–Kier alpha value is -0.780. The quantitative estimate of drug-likeness (QED) is 0.892. The number of nitrogens with zero attached hydrogens (tertiary/aromatic N) is 1. The highest BCUT2D eigenvalue weighted by molar-refractivity contribution is 7.99. The van der Waals surface area contributed by atoms with E-state index in [1.807, 2.05) is 17.8 Å². The summed E-state index contributed by atoms with van der Waals surface area (Å²) >= 11 is 3.67. The predicted molar refractivity (Wildman–Crippen MR) is 67.9 cm³/mol. The highest BCUT2D eigenvalue weighted by Gasteiger charge is 2.18. The zero-order valence-electron chi connectivity index (χ0n) is 8.68. The van der Waals surface area contributed by atoms with Gasteiger partial charge in [0.1, 0.15) is 11.3 Å². The van der Waals surface area contributed by atoms with Crippen LogP contribution >= 0.6 is 23.1 Å². The van der Waals surface area contributed by atoms with Crippen molar-refractivity contribution in [3.05, 3.63) is 29.7 Å². The second kappa shape index (κ2) is 4.61. The van der Waals surface area contributed by atoms with Crippen LogP contribution < -0.4 is 5.32 Å². The van der Waals surface area contributed by atoms with Gasteiger partial charge >= 0.3 is 0 Å². The van der Waals surface area contributed by atoms with Gasteiger partial charge in [-0.15, -0.1) is 11.3 Å². The number of aromatic nitrogens is 1. The number of hydrogen-bond acceptors (Lipinski definition) is 5. The molecule has 0 bridgehead atoms. The largest absolute Gasteiger partial charge is 0.472 e. The molecule has 1 aliphatic heterocycles. The van der Waals surface area contributed by atoms with Crippen molar-refractivity contribution >= 4 is 23.1 Å². The monoisotopic (exact) mass is 252 g/mol. The number of hydrogen-bond donors (Lipinski definition) is 1. The van der Waals surface area contributed by atoms with E-state index in [9.17, 15) is 0 Å². The minimum absolute atomic E-state index is 0.413. The van der Waals surface area contributed by atoms with E-state index in [2.05, 4.69) is 15.7 Å². The lowest BCUT2D eigenvalue weighted by Crippen LogP contribution is -2.30. The Balaban J connectivity index is 1.82. The van der Waals surface area contributed by atoms with Gasteiger partial charge in [0, 0.05) is 29.0 Å². The SMILES string of the molecule is c1cc(-c2nc(C3CSCCN3)cs2)co1. The first-order valence-corrected chi connectivity index (χ1v) is 7.26. The summed E-state index contributed by atoms with van der Waals surface area (Å²) < 4.78 is 5.07. The first-order valence-electron chi connectivity index (χ1n) is 5.22. The molecule has 16 heavy (non-hydrogen) atoms. The van der Waals surface area contributed by atoms with Crippen molar-refractivity contribution in [2.75, 3.05) is 18.1 Å². The third-order valence-electron chi connectivity index (χ3n) is 2.57. The number of furan rings is 1. The van der Waals surface area contributed by atoms with Gasteiger partial charge in [0.15, 0.2) is 0 Å². The molecule has 0 saturated carbocycles. The zero-order valence-corrected chi connectivity index (χ0v) is 10.3. The van der Waals surface area contributed by atoms with E-state index in [1.165, 1.54) is 5.75 Å². The van der Waals surface area contributed by atoms with Gasteiger partial charge in [0.2, 0.25) is 0 Å². The standard InChI is InChI=1S/C11H12N2OS2/c1-3-14-5-8(1)11-13-10(7-16-11)9-6-15-4-2-12-9/h1,3,5,7,9,12H,2,4,6H2. The summed E-state index contributed by atoms with van der Waals surface area (Å²) in [5.41, 5.74) is 2.23. The van der Waals surface area contributed by atoms with E-state index < -0.39 is 0 Å². The minimum Gasteiger partial charge on any atom is -0.472 e. The van der Waals surface area contributed by atoms with Crippen LogP contribution in [0.2, 0.25) is 0 Å². The Bertz CT molecular complexity index is 446. The molecule has 84 valence electrons. The lowest BCUT2D eigenvalue weighted by Gasteiger charge is -2.21. The van der Waals surface area contributed by atoms with Crippen LogP contribution in [0.3, 0.4) is 0 Å². The van der Waals surface area contributed by atoms with Gasteiger partial charge < -0.3 is 9.73 Å². The van der Waals surface area contributed by atoms with Crippen LogP contribution in [0.25, 0.3) is 10.6 Å².